The Morgan fingerprint density at radius 2 is 2.32 bits per heavy atom. The minimum atomic E-state index is -1.02. The molecule has 0 bridgehead atoms. The molecular weight excluding hydrogens is 338 g/mol. The minimum Gasteiger partial charge on any atom is -0.435 e. The summed E-state index contributed by atoms with van der Waals surface area (Å²) in [6.45, 7) is 4.06. The molecule has 2 rings (SSSR count). The van der Waals surface area contributed by atoms with E-state index in [1.165, 1.54) is 11.8 Å². The third-order valence-corrected chi connectivity index (χ3v) is 7.10. The largest absolute Gasteiger partial charge is 0.521 e. The molecule has 1 aromatic heterocycles. The Kier molecular flexibility index (Phi) is 5.76. The molecule has 0 spiro atoms. The van der Waals surface area contributed by atoms with E-state index in [4.69, 9.17) is 12.2 Å². The number of carbonyl (C=O) groups excluding carboxylic acids is 1. The first-order valence-corrected chi connectivity index (χ1v) is 9.53. The van der Waals surface area contributed by atoms with Gasteiger partial charge in [-0.2, -0.15) is 9.28 Å². The number of nitrogens with zero attached hydrogens (tertiary/aromatic N) is 1. The second-order valence-electron chi connectivity index (χ2n) is 5.68. The van der Waals surface area contributed by atoms with Crippen molar-refractivity contribution < 1.29 is 19.2 Å². The first-order valence-electron chi connectivity index (χ1n) is 7.26. The van der Waals surface area contributed by atoms with Crippen LogP contribution in [0.25, 0.3) is 0 Å². The smallest absolute Gasteiger partial charge is 0.435 e. The maximum absolute atomic E-state index is 12.8. The lowest BCUT2D eigenvalue weighted by Gasteiger charge is -2.31. The number of thiophene rings is 1. The summed E-state index contributed by atoms with van der Waals surface area (Å²) in [4.78, 5) is 25.5. The van der Waals surface area contributed by atoms with Crippen LogP contribution in [0, 0.1) is 5.92 Å². The first kappa shape index (κ1) is 17.6. The van der Waals surface area contributed by atoms with Crippen molar-refractivity contribution in [1.29, 1.82) is 0 Å². The molecule has 2 amide bonds. The van der Waals surface area contributed by atoms with Gasteiger partial charge in [-0.3, -0.25) is 0 Å². The van der Waals surface area contributed by atoms with Crippen molar-refractivity contribution in [2.24, 2.45) is 5.92 Å². The first-order chi connectivity index (χ1) is 10.4. The van der Waals surface area contributed by atoms with Gasteiger partial charge in [0.25, 0.3) is 0 Å². The predicted molar refractivity (Wildman–Crippen MR) is 94.5 cm³/mol. The average molecular weight is 359 g/mol. The standard InChI is InChI=1S/C15H19NO3S3/c1-10(9-22-14(20)12-6-4-8-21-12)13(17)16(15(18)19)7-3-5-11(16)2/h4,6,8,10-11H,3,5,7,9H2,1-2H3/p+1/t10?,11?,16-/m0/s1. The molecule has 3 atom stereocenters. The normalized spacial score (nSPS) is 25.8. The zero-order chi connectivity index (χ0) is 16.3. The van der Waals surface area contributed by atoms with Crippen molar-refractivity contribution in [3.63, 3.8) is 0 Å². The van der Waals surface area contributed by atoms with Gasteiger partial charge >= 0.3 is 12.0 Å². The van der Waals surface area contributed by atoms with Crippen LogP contribution in [-0.2, 0) is 4.79 Å². The highest BCUT2D eigenvalue weighted by Gasteiger charge is 2.54. The third-order valence-electron chi connectivity index (χ3n) is 4.23. The van der Waals surface area contributed by atoms with Crippen LogP contribution in [0.15, 0.2) is 17.5 Å². The molecule has 2 unspecified atom stereocenters. The number of likely N-dealkylation sites (tertiary alicyclic amines) is 1. The Morgan fingerprint density at radius 3 is 2.82 bits per heavy atom. The van der Waals surface area contributed by atoms with E-state index in [0.29, 0.717) is 12.3 Å². The van der Waals surface area contributed by atoms with Gasteiger partial charge in [0.2, 0.25) is 0 Å². The molecular formula is C15H20NO3S3+. The van der Waals surface area contributed by atoms with Crippen LogP contribution in [-0.4, -0.2) is 44.1 Å². The molecule has 4 nitrogen and oxygen atoms in total. The van der Waals surface area contributed by atoms with E-state index in [1.54, 1.807) is 18.3 Å². The Hall–Kier alpha value is -0.760. The monoisotopic (exact) mass is 358 g/mol. The maximum atomic E-state index is 12.8. The van der Waals surface area contributed by atoms with Gasteiger partial charge in [0.15, 0.2) is 0 Å². The summed E-state index contributed by atoms with van der Waals surface area (Å²) in [5, 5.41) is 11.6. The lowest BCUT2D eigenvalue weighted by molar-refractivity contribution is -0.793. The number of carboxylic acid groups (broad SMARTS) is 1. The molecule has 1 fully saturated rings. The number of rotatable bonds is 4. The Balaban J connectivity index is 2.02. The van der Waals surface area contributed by atoms with Crippen molar-refractivity contribution in [3.05, 3.63) is 22.4 Å². The van der Waals surface area contributed by atoms with Crippen LogP contribution in [0.4, 0.5) is 4.79 Å². The van der Waals surface area contributed by atoms with Gasteiger partial charge in [0, 0.05) is 18.6 Å². The number of thiocarbonyl (C=S) groups is 1. The molecule has 1 aromatic rings. The van der Waals surface area contributed by atoms with E-state index in [1.807, 2.05) is 24.4 Å². The zero-order valence-corrected chi connectivity index (χ0v) is 15.1. The SMILES string of the molecule is CC(CSC(=S)c1cccs1)C(=O)[N@+]1(C(=O)O)CCCC1C. The summed E-state index contributed by atoms with van der Waals surface area (Å²) in [6.07, 6.45) is 0.547. The summed E-state index contributed by atoms with van der Waals surface area (Å²) in [6, 6.07) is 3.75. The number of thioether (sulfide) groups is 1. The summed E-state index contributed by atoms with van der Waals surface area (Å²) in [7, 11) is 0. The highest BCUT2D eigenvalue weighted by atomic mass is 32.2. The molecule has 0 radical (unpaired) electrons. The lowest BCUT2D eigenvalue weighted by Crippen LogP contribution is -2.60. The van der Waals surface area contributed by atoms with E-state index < -0.39 is 10.6 Å². The third kappa shape index (κ3) is 3.27. The van der Waals surface area contributed by atoms with E-state index >= 15 is 0 Å². The molecule has 7 heteroatoms. The van der Waals surface area contributed by atoms with Gasteiger partial charge in [-0.05, 0) is 25.3 Å². The molecule has 1 aliphatic rings. The molecule has 1 aliphatic heterocycles. The molecule has 0 saturated carbocycles. The van der Waals surface area contributed by atoms with Crippen LogP contribution < -0.4 is 0 Å². The highest BCUT2D eigenvalue weighted by molar-refractivity contribution is 8.24. The number of hydrogen-bond acceptors (Lipinski definition) is 5. The molecule has 1 N–H and O–H groups in total. The number of quaternary nitrogens is 1. The van der Waals surface area contributed by atoms with Crippen molar-refractivity contribution in [3.8, 4) is 0 Å². The van der Waals surface area contributed by atoms with Crippen molar-refractivity contribution in [1.82, 2.24) is 0 Å². The Labute approximate surface area is 144 Å². The summed E-state index contributed by atoms with van der Waals surface area (Å²) < 4.78 is 0.346. The second kappa shape index (κ2) is 7.21. The fourth-order valence-electron chi connectivity index (χ4n) is 2.91. The van der Waals surface area contributed by atoms with Gasteiger partial charge in [-0.1, -0.05) is 18.3 Å². The van der Waals surface area contributed by atoms with E-state index in [0.717, 1.165) is 21.9 Å². The van der Waals surface area contributed by atoms with Crippen LogP contribution in [0.5, 0.6) is 0 Å². The van der Waals surface area contributed by atoms with E-state index in [2.05, 4.69) is 0 Å². The fourth-order valence-corrected chi connectivity index (χ4v) is 4.96. The quantitative estimate of drug-likeness (QED) is 0.651. The van der Waals surface area contributed by atoms with Gasteiger partial charge in [0.05, 0.1) is 21.5 Å². The Bertz CT molecular complexity index is 573. The molecule has 1 saturated heterocycles. The van der Waals surface area contributed by atoms with Crippen molar-refractivity contribution >= 4 is 51.5 Å². The van der Waals surface area contributed by atoms with Gasteiger partial charge in [-0.15, -0.1) is 23.1 Å². The molecule has 22 heavy (non-hydrogen) atoms. The van der Waals surface area contributed by atoms with Crippen LogP contribution in [0.3, 0.4) is 0 Å². The Morgan fingerprint density at radius 1 is 1.59 bits per heavy atom. The van der Waals surface area contributed by atoms with E-state index in [-0.39, 0.29) is 17.9 Å². The number of imide groups is 1. The fraction of sp³-hybridized carbons (Fsp3) is 0.533. The zero-order valence-electron chi connectivity index (χ0n) is 12.7. The second-order valence-corrected chi connectivity index (χ2v) is 8.33. The molecule has 120 valence electrons. The highest BCUT2D eigenvalue weighted by Crippen LogP contribution is 2.31. The van der Waals surface area contributed by atoms with Gasteiger partial charge in [0.1, 0.15) is 6.04 Å². The summed E-state index contributed by atoms with van der Waals surface area (Å²) >= 11 is 8.39. The van der Waals surface area contributed by atoms with Crippen LogP contribution in [0.2, 0.25) is 0 Å². The van der Waals surface area contributed by atoms with Gasteiger partial charge < -0.3 is 5.11 Å². The molecule has 0 aromatic carbocycles. The number of carbonyl (C=O) groups is 2. The lowest BCUT2D eigenvalue weighted by atomic mass is 10.1. The maximum Gasteiger partial charge on any atom is 0.521 e. The topological polar surface area (TPSA) is 54.4 Å². The summed E-state index contributed by atoms with van der Waals surface area (Å²) in [5.74, 6) is -0.00575. The van der Waals surface area contributed by atoms with Crippen molar-refractivity contribution in [2.75, 3.05) is 12.3 Å². The van der Waals surface area contributed by atoms with Crippen LogP contribution in [0.1, 0.15) is 31.6 Å². The number of hydrogen-bond donors (Lipinski definition) is 1. The number of amides is 2. The van der Waals surface area contributed by atoms with Crippen molar-refractivity contribution in [2.45, 2.75) is 32.7 Å². The average Bonchev–Trinajstić information content (AvgIpc) is 3.13. The van der Waals surface area contributed by atoms with Gasteiger partial charge in [-0.25, -0.2) is 4.79 Å². The summed E-state index contributed by atoms with van der Waals surface area (Å²) in [5.41, 5.74) is 0. The van der Waals surface area contributed by atoms with E-state index in [9.17, 15) is 14.7 Å². The predicted octanol–water partition coefficient (Wildman–Crippen LogP) is 4.00. The molecule has 0 aliphatic carbocycles. The van der Waals surface area contributed by atoms with Crippen LogP contribution >= 0.6 is 35.3 Å². The molecule has 2 heterocycles. The minimum absolute atomic E-state index is 0.151.